The molecule has 1 unspecified atom stereocenters. The summed E-state index contributed by atoms with van der Waals surface area (Å²) < 4.78 is 5.95. The first-order valence-electron chi connectivity index (χ1n) is 8.94. The van der Waals surface area contributed by atoms with Gasteiger partial charge in [0, 0.05) is 26.4 Å². The van der Waals surface area contributed by atoms with Crippen LogP contribution in [0.4, 0.5) is 0 Å². The maximum Gasteiger partial charge on any atom is 0.191 e. The highest BCUT2D eigenvalue weighted by Crippen LogP contribution is 2.27. The molecule has 0 saturated heterocycles. The molecule has 0 bridgehead atoms. The molecule has 4 rings (SSSR count). The third kappa shape index (κ3) is 4.71. The Morgan fingerprint density at radius 1 is 1.19 bits per heavy atom. The fourth-order valence-corrected chi connectivity index (χ4v) is 3.22. The molecule has 1 atom stereocenters. The maximum absolute atomic E-state index is 5.95. The van der Waals surface area contributed by atoms with Crippen molar-refractivity contribution in [2.75, 3.05) is 20.1 Å². The predicted octanol–water partition coefficient (Wildman–Crippen LogP) is 2.89. The first-order valence-corrected chi connectivity index (χ1v) is 8.94. The zero-order valence-corrected chi connectivity index (χ0v) is 17.6. The van der Waals surface area contributed by atoms with Gasteiger partial charge in [-0.2, -0.15) is 0 Å². The minimum absolute atomic E-state index is 0. The molecule has 0 amide bonds. The number of fused-ring (bicyclic) bond motifs is 2. The Bertz CT molecular complexity index is 865. The van der Waals surface area contributed by atoms with E-state index in [2.05, 4.69) is 37.7 Å². The van der Waals surface area contributed by atoms with Gasteiger partial charge in [0.25, 0.3) is 0 Å². The van der Waals surface area contributed by atoms with E-state index in [1.54, 1.807) is 7.05 Å². The van der Waals surface area contributed by atoms with E-state index in [1.807, 2.05) is 36.4 Å². The van der Waals surface area contributed by atoms with Gasteiger partial charge >= 0.3 is 0 Å². The van der Waals surface area contributed by atoms with Gasteiger partial charge in [-0.15, -0.1) is 24.0 Å². The highest BCUT2D eigenvalue weighted by atomic mass is 127. The fourth-order valence-electron chi connectivity index (χ4n) is 3.22. The van der Waals surface area contributed by atoms with Crippen molar-refractivity contribution in [2.24, 2.45) is 4.99 Å². The number of hydrogen-bond acceptors (Lipinski definition) is 3. The highest BCUT2D eigenvalue weighted by molar-refractivity contribution is 14.0. The lowest BCUT2D eigenvalue weighted by Crippen LogP contribution is -2.42. The zero-order chi connectivity index (χ0) is 17.8. The Balaban J connectivity index is 0.00000210. The zero-order valence-electron chi connectivity index (χ0n) is 15.2. The Morgan fingerprint density at radius 3 is 2.81 bits per heavy atom. The maximum atomic E-state index is 5.95. The summed E-state index contributed by atoms with van der Waals surface area (Å²) in [7, 11) is 1.78. The van der Waals surface area contributed by atoms with Crippen molar-refractivity contribution < 1.29 is 4.74 Å². The number of ether oxygens (including phenoxy) is 1. The lowest BCUT2D eigenvalue weighted by Gasteiger charge is -2.15. The summed E-state index contributed by atoms with van der Waals surface area (Å²) in [6.45, 7) is 1.48. The number of aromatic nitrogens is 2. The van der Waals surface area contributed by atoms with Crippen LogP contribution < -0.4 is 15.4 Å². The van der Waals surface area contributed by atoms with E-state index in [-0.39, 0.29) is 30.1 Å². The highest BCUT2D eigenvalue weighted by Gasteiger charge is 2.22. The Kier molecular flexibility index (Phi) is 6.54. The van der Waals surface area contributed by atoms with Gasteiger partial charge in [-0.25, -0.2) is 4.98 Å². The average Bonchev–Trinajstić information content (AvgIpc) is 3.27. The number of imidazole rings is 1. The lowest BCUT2D eigenvalue weighted by molar-refractivity contribution is 0.235. The third-order valence-electron chi connectivity index (χ3n) is 4.53. The van der Waals surface area contributed by atoms with Gasteiger partial charge in [0.05, 0.1) is 17.6 Å². The average molecular weight is 477 g/mol. The third-order valence-corrected chi connectivity index (χ3v) is 4.53. The van der Waals surface area contributed by atoms with Crippen molar-refractivity contribution in [3.05, 3.63) is 59.9 Å². The molecular formula is C20H24IN5O. The molecule has 2 heterocycles. The van der Waals surface area contributed by atoms with Crippen molar-refractivity contribution >= 4 is 41.0 Å². The second kappa shape index (κ2) is 9.07. The van der Waals surface area contributed by atoms with E-state index >= 15 is 0 Å². The number of aromatic amines is 1. The van der Waals surface area contributed by atoms with E-state index in [4.69, 9.17) is 4.74 Å². The van der Waals surface area contributed by atoms with E-state index in [1.165, 1.54) is 5.56 Å². The van der Waals surface area contributed by atoms with Crippen LogP contribution in [-0.2, 0) is 12.8 Å². The summed E-state index contributed by atoms with van der Waals surface area (Å²) in [5.41, 5.74) is 3.35. The molecular weight excluding hydrogens is 453 g/mol. The van der Waals surface area contributed by atoms with Crippen molar-refractivity contribution in [1.29, 1.82) is 0 Å². The van der Waals surface area contributed by atoms with E-state index in [9.17, 15) is 0 Å². The number of rotatable bonds is 5. The number of nitrogens with zero attached hydrogens (tertiary/aromatic N) is 2. The molecule has 27 heavy (non-hydrogen) atoms. The van der Waals surface area contributed by atoms with Gasteiger partial charge in [-0.05, 0) is 23.8 Å². The summed E-state index contributed by atoms with van der Waals surface area (Å²) in [6, 6.07) is 16.3. The second-order valence-corrected chi connectivity index (χ2v) is 6.38. The van der Waals surface area contributed by atoms with E-state index < -0.39 is 0 Å². The number of aliphatic imine (C=N–C) groups is 1. The number of halogens is 1. The molecule has 1 aromatic heterocycles. The molecule has 142 valence electrons. The topological polar surface area (TPSA) is 74.3 Å². The number of para-hydroxylation sites is 3. The van der Waals surface area contributed by atoms with Gasteiger partial charge in [0.2, 0.25) is 0 Å². The summed E-state index contributed by atoms with van der Waals surface area (Å²) in [5.74, 6) is 2.75. The monoisotopic (exact) mass is 477 g/mol. The first kappa shape index (κ1) is 19.5. The van der Waals surface area contributed by atoms with Crippen LogP contribution in [0.15, 0.2) is 53.5 Å². The summed E-state index contributed by atoms with van der Waals surface area (Å²) >= 11 is 0. The van der Waals surface area contributed by atoms with Crippen LogP contribution in [-0.4, -0.2) is 42.2 Å². The summed E-state index contributed by atoms with van der Waals surface area (Å²) in [6.07, 6.45) is 1.88. The molecule has 3 N–H and O–H groups in total. The molecule has 6 nitrogen and oxygen atoms in total. The molecule has 0 saturated carbocycles. The quantitative estimate of drug-likeness (QED) is 0.300. The normalized spacial score (nSPS) is 15.7. The Labute approximate surface area is 175 Å². The molecule has 7 heteroatoms. The standard InChI is InChI=1S/C20H23N5O.HI/c1-21-20(23-13-15-12-14-6-2-5-9-18(14)26-15)22-11-10-19-24-16-7-3-4-8-17(16)25-19;/h2-9,15H,10-13H2,1H3,(H,24,25)(H2,21,22,23);1H. The SMILES string of the molecule is CN=C(NCCc1nc2ccccc2[nH]1)NCC1Cc2ccccc2O1.I. The number of guanidine groups is 1. The molecule has 2 aromatic carbocycles. The van der Waals surface area contributed by atoms with Gasteiger partial charge in [0.15, 0.2) is 5.96 Å². The second-order valence-electron chi connectivity index (χ2n) is 6.38. The van der Waals surface area contributed by atoms with Crippen LogP contribution in [0.2, 0.25) is 0 Å². The van der Waals surface area contributed by atoms with Crippen LogP contribution in [0.5, 0.6) is 5.75 Å². The van der Waals surface area contributed by atoms with Crippen LogP contribution in [0.3, 0.4) is 0 Å². The molecule has 1 aliphatic rings. The van der Waals surface area contributed by atoms with Gasteiger partial charge in [0.1, 0.15) is 17.7 Å². The van der Waals surface area contributed by atoms with Crippen LogP contribution in [0.1, 0.15) is 11.4 Å². The molecule has 3 aromatic rings. The number of benzene rings is 2. The predicted molar refractivity (Wildman–Crippen MR) is 119 cm³/mol. The molecule has 0 fully saturated rings. The first-order chi connectivity index (χ1) is 12.8. The molecule has 0 spiro atoms. The number of hydrogen-bond donors (Lipinski definition) is 3. The van der Waals surface area contributed by atoms with Crippen LogP contribution in [0, 0.1) is 0 Å². The number of nitrogens with one attached hydrogen (secondary N) is 3. The van der Waals surface area contributed by atoms with Gasteiger partial charge in [-0.1, -0.05) is 30.3 Å². The fraction of sp³-hybridized carbons (Fsp3) is 0.300. The molecule has 0 radical (unpaired) electrons. The van der Waals surface area contributed by atoms with E-state index in [0.717, 1.165) is 54.5 Å². The van der Waals surface area contributed by atoms with Crippen molar-refractivity contribution in [3.8, 4) is 5.75 Å². The van der Waals surface area contributed by atoms with Gasteiger partial charge in [-0.3, -0.25) is 4.99 Å². The van der Waals surface area contributed by atoms with Crippen molar-refractivity contribution in [3.63, 3.8) is 0 Å². The smallest absolute Gasteiger partial charge is 0.191 e. The minimum atomic E-state index is 0. The van der Waals surface area contributed by atoms with Crippen LogP contribution >= 0.6 is 24.0 Å². The molecule has 0 aliphatic carbocycles. The summed E-state index contributed by atoms with van der Waals surface area (Å²) in [5, 5.41) is 6.67. The Morgan fingerprint density at radius 2 is 2.00 bits per heavy atom. The minimum Gasteiger partial charge on any atom is -0.488 e. The van der Waals surface area contributed by atoms with Crippen molar-refractivity contribution in [2.45, 2.75) is 18.9 Å². The molecule has 1 aliphatic heterocycles. The number of H-pyrrole nitrogens is 1. The Hall–Kier alpha value is -2.29. The lowest BCUT2D eigenvalue weighted by atomic mass is 10.1. The van der Waals surface area contributed by atoms with Gasteiger partial charge < -0.3 is 20.4 Å². The van der Waals surface area contributed by atoms with Crippen molar-refractivity contribution in [1.82, 2.24) is 20.6 Å². The van der Waals surface area contributed by atoms with E-state index in [0.29, 0.717) is 0 Å². The van der Waals surface area contributed by atoms with Crippen LogP contribution in [0.25, 0.3) is 11.0 Å². The summed E-state index contributed by atoms with van der Waals surface area (Å²) in [4.78, 5) is 12.2. The largest absolute Gasteiger partial charge is 0.488 e.